The van der Waals surface area contributed by atoms with Crippen molar-refractivity contribution < 1.29 is 9.59 Å². The van der Waals surface area contributed by atoms with Gasteiger partial charge >= 0.3 is 0 Å². The average molecular weight is 347 g/mol. The number of amides is 1. The SMILES string of the molecule is CCc1sc(C(=O)C(C#N)C(=O)Nc2ccccc2Cl)cc1C. The van der Waals surface area contributed by atoms with Crippen molar-refractivity contribution in [2.75, 3.05) is 5.32 Å². The van der Waals surface area contributed by atoms with E-state index in [4.69, 9.17) is 11.6 Å². The van der Waals surface area contributed by atoms with E-state index in [0.717, 1.165) is 16.9 Å². The van der Waals surface area contributed by atoms with Crippen LogP contribution in [0.3, 0.4) is 0 Å². The molecule has 0 spiro atoms. The Morgan fingerprint density at radius 3 is 2.65 bits per heavy atom. The van der Waals surface area contributed by atoms with Crippen LogP contribution in [0, 0.1) is 24.2 Å². The summed E-state index contributed by atoms with van der Waals surface area (Å²) in [6, 6.07) is 10.2. The number of nitrogens with zero attached hydrogens (tertiary/aromatic N) is 1. The molecular weight excluding hydrogens is 332 g/mol. The number of Topliss-reactive ketones (excluding diaryl/α,β-unsaturated/α-hetero) is 1. The molecule has 1 aromatic carbocycles. The quantitative estimate of drug-likeness (QED) is 0.650. The lowest BCUT2D eigenvalue weighted by atomic mass is 10.0. The van der Waals surface area contributed by atoms with E-state index in [-0.39, 0.29) is 0 Å². The third-order valence-electron chi connectivity index (χ3n) is 3.37. The molecule has 2 aromatic rings. The molecule has 23 heavy (non-hydrogen) atoms. The fraction of sp³-hybridized carbons (Fsp3) is 0.235. The van der Waals surface area contributed by atoms with Crippen molar-refractivity contribution in [2.45, 2.75) is 20.3 Å². The van der Waals surface area contributed by atoms with Gasteiger partial charge < -0.3 is 5.32 Å². The molecular formula is C17H15ClN2O2S. The fourth-order valence-corrected chi connectivity index (χ4v) is 3.41. The number of hydrogen-bond acceptors (Lipinski definition) is 4. The number of halogens is 1. The number of carbonyl (C=O) groups excluding carboxylic acids is 2. The predicted molar refractivity (Wildman–Crippen MR) is 91.9 cm³/mol. The van der Waals surface area contributed by atoms with E-state index < -0.39 is 17.6 Å². The highest BCUT2D eigenvalue weighted by Gasteiger charge is 2.29. The zero-order valence-electron chi connectivity index (χ0n) is 12.7. The Hall–Kier alpha value is -2.16. The van der Waals surface area contributed by atoms with Crippen LogP contribution in [0.2, 0.25) is 5.02 Å². The lowest BCUT2D eigenvalue weighted by molar-refractivity contribution is -0.117. The van der Waals surface area contributed by atoms with Gasteiger partial charge in [-0.15, -0.1) is 11.3 Å². The maximum absolute atomic E-state index is 12.5. The van der Waals surface area contributed by atoms with Crippen molar-refractivity contribution in [1.82, 2.24) is 0 Å². The number of aryl methyl sites for hydroxylation is 2. The van der Waals surface area contributed by atoms with Crippen molar-refractivity contribution in [3.63, 3.8) is 0 Å². The minimum absolute atomic E-state index is 0.352. The van der Waals surface area contributed by atoms with E-state index in [9.17, 15) is 14.9 Å². The first-order valence-corrected chi connectivity index (χ1v) is 8.25. The number of carbonyl (C=O) groups is 2. The topological polar surface area (TPSA) is 70.0 Å². The lowest BCUT2D eigenvalue weighted by Crippen LogP contribution is -2.28. The first-order chi connectivity index (χ1) is 11.0. The number of anilines is 1. The molecule has 0 aliphatic heterocycles. The first-order valence-electron chi connectivity index (χ1n) is 7.06. The summed E-state index contributed by atoms with van der Waals surface area (Å²) in [5, 5.41) is 12.1. The van der Waals surface area contributed by atoms with Gasteiger partial charge in [-0.05, 0) is 37.1 Å². The normalized spacial score (nSPS) is 11.6. The van der Waals surface area contributed by atoms with Gasteiger partial charge in [-0.1, -0.05) is 30.7 Å². The number of ketones is 1. The van der Waals surface area contributed by atoms with E-state index >= 15 is 0 Å². The molecule has 1 heterocycles. The standard InChI is InChI=1S/C17H15ClN2O2S/c1-3-14-10(2)8-15(23-14)16(21)11(9-19)17(22)20-13-7-5-4-6-12(13)18/h4-8,11H,3H2,1-2H3,(H,20,22). The molecule has 1 amide bonds. The zero-order chi connectivity index (χ0) is 17.0. The van der Waals surface area contributed by atoms with Crippen molar-refractivity contribution in [1.29, 1.82) is 5.26 Å². The summed E-state index contributed by atoms with van der Waals surface area (Å²) in [5.74, 6) is -2.55. The zero-order valence-corrected chi connectivity index (χ0v) is 14.3. The van der Waals surface area contributed by atoms with Crippen LogP contribution in [-0.2, 0) is 11.2 Å². The minimum atomic E-state index is -1.39. The van der Waals surface area contributed by atoms with Crippen LogP contribution in [0.15, 0.2) is 30.3 Å². The molecule has 4 nitrogen and oxygen atoms in total. The highest BCUT2D eigenvalue weighted by molar-refractivity contribution is 7.14. The summed E-state index contributed by atoms with van der Waals surface area (Å²) in [6.45, 7) is 3.91. The molecule has 1 atom stereocenters. The Labute approximate surface area is 143 Å². The van der Waals surface area contributed by atoms with Gasteiger partial charge in [0.2, 0.25) is 5.91 Å². The molecule has 1 aromatic heterocycles. The molecule has 118 valence electrons. The predicted octanol–water partition coefficient (Wildman–Crippen LogP) is 4.23. The smallest absolute Gasteiger partial charge is 0.249 e. The summed E-state index contributed by atoms with van der Waals surface area (Å²) in [4.78, 5) is 26.2. The van der Waals surface area contributed by atoms with E-state index in [1.165, 1.54) is 11.3 Å². The highest BCUT2D eigenvalue weighted by atomic mass is 35.5. The number of para-hydroxylation sites is 1. The van der Waals surface area contributed by atoms with E-state index in [0.29, 0.717) is 15.6 Å². The second-order valence-electron chi connectivity index (χ2n) is 4.97. The Bertz CT molecular complexity index is 792. The van der Waals surface area contributed by atoms with Crippen LogP contribution in [0.1, 0.15) is 27.0 Å². The van der Waals surface area contributed by atoms with Crippen LogP contribution in [0.4, 0.5) is 5.69 Å². The van der Waals surface area contributed by atoms with Crippen LogP contribution < -0.4 is 5.32 Å². The van der Waals surface area contributed by atoms with Gasteiger partial charge in [0.25, 0.3) is 0 Å². The third kappa shape index (κ3) is 3.79. The second-order valence-corrected chi connectivity index (χ2v) is 6.51. The van der Waals surface area contributed by atoms with Crippen LogP contribution in [-0.4, -0.2) is 11.7 Å². The van der Waals surface area contributed by atoms with Crippen molar-refractivity contribution in [2.24, 2.45) is 5.92 Å². The maximum atomic E-state index is 12.5. The van der Waals surface area contributed by atoms with Gasteiger partial charge in [0.05, 0.1) is 21.7 Å². The molecule has 0 aliphatic carbocycles. The molecule has 2 rings (SSSR count). The van der Waals surface area contributed by atoms with Gasteiger partial charge in [0.15, 0.2) is 11.7 Å². The van der Waals surface area contributed by atoms with Gasteiger partial charge in [0.1, 0.15) is 0 Å². The minimum Gasteiger partial charge on any atom is -0.323 e. The molecule has 0 bridgehead atoms. The number of nitriles is 1. The van der Waals surface area contributed by atoms with Gasteiger partial charge in [-0.25, -0.2) is 0 Å². The molecule has 6 heteroatoms. The molecule has 0 aliphatic rings. The van der Waals surface area contributed by atoms with Gasteiger partial charge in [0, 0.05) is 4.88 Å². The number of nitrogens with one attached hydrogen (secondary N) is 1. The number of benzene rings is 1. The fourth-order valence-electron chi connectivity index (χ4n) is 2.14. The van der Waals surface area contributed by atoms with Gasteiger partial charge in [-0.3, -0.25) is 9.59 Å². The van der Waals surface area contributed by atoms with Gasteiger partial charge in [-0.2, -0.15) is 5.26 Å². The van der Waals surface area contributed by atoms with Crippen LogP contribution in [0.25, 0.3) is 0 Å². The molecule has 0 radical (unpaired) electrons. The Morgan fingerprint density at radius 2 is 2.09 bits per heavy atom. The number of thiophene rings is 1. The third-order valence-corrected chi connectivity index (χ3v) is 5.10. The first kappa shape index (κ1) is 17.2. The Balaban J connectivity index is 2.21. The average Bonchev–Trinajstić information content (AvgIpc) is 2.91. The summed E-state index contributed by atoms with van der Waals surface area (Å²) in [7, 11) is 0. The van der Waals surface area contributed by atoms with Crippen molar-refractivity contribution in [3.8, 4) is 6.07 Å². The molecule has 1 N–H and O–H groups in total. The summed E-state index contributed by atoms with van der Waals surface area (Å²) in [5.41, 5.74) is 1.38. The summed E-state index contributed by atoms with van der Waals surface area (Å²) in [6.07, 6.45) is 0.812. The Morgan fingerprint density at radius 1 is 1.39 bits per heavy atom. The largest absolute Gasteiger partial charge is 0.323 e. The lowest BCUT2D eigenvalue weighted by Gasteiger charge is -2.09. The molecule has 0 saturated heterocycles. The van der Waals surface area contributed by atoms with Crippen LogP contribution in [0.5, 0.6) is 0 Å². The van der Waals surface area contributed by atoms with E-state index in [1.807, 2.05) is 13.8 Å². The maximum Gasteiger partial charge on any atom is 0.249 e. The second kappa shape index (κ2) is 7.40. The van der Waals surface area contributed by atoms with Crippen LogP contribution >= 0.6 is 22.9 Å². The monoisotopic (exact) mass is 346 g/mol. The Kier molecular flexibility index (Phi) is 5.54. The number of hydrogen-bond donors (Lipinski definition) is 1. The van der Waals surface area contributed by atoms with E-state index in [1.54, 1.807) is 36.4 Å². The van der Waals surface area contributed by atoms with E-state index in [2.05, 4.69) is 5.32 Å². The number of rotatable bonds is 5. The van der Waals surface area contributed by atoms with Crippen molar-refractivity contribution in [3.05, 3.63) is 50.7 Å². The highest BCUT2D eigenvalue weighted by Crippen LogP contribution is 2.26. The molecule has 0 saturated carbocycles. The molecule has 1 unspecified atom stereocenters. The van der Waals surface area contributed by atoms with Crippen molar-refractivity contribution >= 4 is 40.3 Å². The molecule has 0 fully saturated rings. The summed E-state index contributed by atoms with van der Waals surface area (Å²) >= 11 is 7.31. The summed E-state index contributed by atoms with van der Waals surface area (Å²) < 4.78 is 0.